The van der Waals surface area contributed by atoms with E-state index in [4.69, 9.17) is 5.11 Å². The molecule has 4 heteroatoms. The minimum atomic E-state index is -0.301. The Morgan fingerprint density at radius 1 is 1.64 bits per heavy atom. The molecule has 0 bridgehead atoms. The van der Waals surface area contributed by atoms with E-state index in [1.54, 1.807) is 6.92 Å². The first-order chi connectivity index (χ1) is 6.74. The van der Waals surface area contributed by atoms with Gasteiger partial charge in [-0.1, -0.05) is 6.92 Å². The van der Waals surface area contributed by atoms with Gasteiger partial charge in [0.25, 0.3) is 0 Å². The first kappa shape index (κ1) is 11.2. The van der Waals surface area contributed by atoms with Crippen molar-refractivity contribution in [3.05, 3.63) is 18.2 Å². The van der Waals surface area contributed by atoms with Crippen molar-refractivity contribution < 1.29 is 5.11 Å². The number of nitrogens with zero attached hydrogens (tertiary/aromatic N) is 2. The molecule has 1 rings (SSSR count). The number of aliphatic hydroxyl groups is 1. The Morgan fingerprint density at radius 2 is 2.43 bits per heavy atom. The highest BCUT2D eigenvalue weighted by molar-refractivity contribution is 4.91. The minimum absolute atomic E-state index is 0.301. The van der Waals surface area contributed by atoms with Crippen molar-refractivity contribution in [1.82, 2.24) is 14.9 Å². The van der Waals surface area contributed by atoms with Gasteiger partial charge in [-0.25, -0.2) is 4.98 Å². The number of nitrogens with one attached hydrogen (secondary N) is 1. The third kappa shape index (κ3) is 3.47. The van der Waals surface area contributed by atoms with Crippen LogP contribution in [0.5, 0.6) is 0 Å². The van der Waals surface area contributed by atoms with Crippen molar-refractivity contribution >= 4 is 0 Å². The molecule has 0 saturated heterocycles. The van der Waals surface area contributed by atoms with E-state index in [0.717, 1.165) is 25.3 Å². The average Bonchev–Trinajstić information content (AvgIpc) is 2.53. The van der Waals surface area contributed by atoms with E-state index in [-0.39, 0.29) is 6.10 Å². The molecule has 1 heterocycles. The van der Waals surface area contributed by atoms with Crippen molar-refractivity contribution in [3.8, 4) is 0 Å². The molecule has 1 aromatic rings. The van der Waals surface area contributed by atoms with E-state index in [0.29, 0.717) is 6.54 Å². The summed E-state index contributed by atoms with van der Waals surface area (Å²) in [6, 6.07) is 0. The summed E-state index contributed by atoms with van der Waals surface area (Å²) in [7, 11) is 0. The third-order valence-corrected chi connectivity index (χ3v) is 1.99. The predicted molar refractivity (Wildman–Crippen MR) is 55.9 cm³/mol. The van der Waals surface area contributed by atoms with E-state index in [1.807, 2.05) is 12.4 Å². The van der Waals surface area contributed by atoms with Gasteiger partial charge in [0, 0.05) is 25.5 Å². The topological polar surface area (TPSA) is 50.1 Å². The summed E-state index contributed by atoms with van der Waals surface area (Å²) < 4.78 is 2.13. The maximum absolute atomic E-state index is 9.06. The lowest BCUT2D eigenvalue weighted by atomic mass is 10.4. The van der Waals surface area contributed by atoms with Crippen LogP contribution in [-0.4, -0.2) is 27.3 Å². The van der Waals surface area contributed by atoms with Crippen molar-refractivity contribution in [2.24, 2.45) is 0 Å². The van der Waals surface area contributed by atoms with Crippen molar-refractivity contribution in [3.63, 3.8) is 0 Å². The zero-order valence-electron chi connectivity index (χ0n) is 8.90. The van der Waals surface area contributed by atoms with Gasteiger partial charge in [0.05, 0.1) is 12.6 Å². The SMILES string of the molecule is CCCn1ccnc1CNCC(C)O. The quantitative estimate of drug-likeness (QED) is 0.708. The van der Waals surface area contributed by atoms with E-state index in [2.05, 4.69) is 21.8 Å². The molecule has 1 atom stereocenters. The molecular weight excluding hydrogens is 178 g/mol. The van der Waals surface area contributed by atoms with Crippen molar-refractivity contribution in [1.29, 1.82) is 0 Å². The number of imidazole rings is 1. The molecule has 0 spiro atoms. The standard InChI is InChI=1S/C10H19N3O/c1-3-5-13-6-4-12-10(13)8-11-7-9(2)14/h4,6,9,11,14H,3,5,7-8H2,1-2H3. The zero-order chi connectivity index (χ0) is 10.4. The Labute approximate surface area is 85.0 Å². The first-order valence-corrected chi connectivity index (χ1v) is 5.12. The molecule has 0 saturated carbocycles. The van der Waals surface area contributed by atoms with Gasteiger partial charge in [-0.3, -0.25) is 0 Å². The smallest absolute Gasteiger partial charge is 0.122 e. The first-order valence-electron chi connectivity index (χ1n) is 5.12. The highest BCUT2D eigenvalue weighted by atomic mass is 16.3. The molecule has 0 fully saturated rings. The normalized spacial score (nSPS) is 13.1. The summed E-state index contributed by atoms with van der Waals surface area (Å²) in [5.74, 6) is 1.03. The van der Waals surface area contributed by atoms with Crippen LogP contribution in [-0.2, 0) is 13.1 Å². The van der Waals surface area contributed by atoms with Crippen LogP contribution in [0.15, 0.2) is 12.4 Å². The molecule has 0 aliphatic carbocycles. The largest absolute Gasteiger partial charge is 0.392 e. The van der Waals surface area contributed by atoms with Gasteiger partial charge in [0.2, 0.25) is 0 Å². The Hall–Kier alpha value is -0.870. The second-order valence-corrected chi connectivity index (χ2v) is 3.52. The van der Waals surface area contributed by atoms with Crippen LogP contribution >= 0.6 is 0 Å². The van der Waals surface area contributed by atoms with E-state index < -0.39 is 0 Å². The molecular formula is C10H19N3O. The van der Waals surface area contributed by atoms with Crippen LogP contribution in [0.4, 0.5) is 0 Å². The van der Waals surface area contributed by atoms with Crippen LogP contribution in [0, 0.1) is 0 Å². The Balaban J connectivity index is 2.37. The number of rotatable bonds is 6. The van der Waals surface area contributed by atoms with Crippen molar-refractivity contribution in [2.45, 2.75) is 39.5 Å². The van der Waals surface area contributed by atoms with Crippen LogP contribution < -0.4 is 5.32 Å². The minimum Gasteiger partial charge on any atom is -0.392 e. The Kier molecular flexibility index (Phi) is 4.62. The molecule has 0 aliphatic heterocycles. The summed E-state index contributed by atoms with van der Waals surface area (Å²) in [4.78, 5) is 4.25. The van der Waals surface area contributed by atoms with Gasteiger partial charge >= 0.3 is 0 Å². The fraction of sp³-hybridized carbons (Fsp3) is 0.700. The molecule has 80 valence electrons. The van der Waals surface area contributed by atoms with Gasteiger partial charge < -0.3 is 15.0 Å². The summed E-state index contributed by atoms with van der Waals surface area (Å²) >= 11 is 0. The second-order valence-electron chi connectivity index (χ2n) is 3.52. The highest BCUT2D eigenvalue weighted by Gasteiger charge is 2.01. The molecule has 0 radical (unpaired) electrons. The number of hydrogen-bond acceptors (Lipinski definition) is 3. The lowest BCUT2D eigenvalue weighted by Gasteiger charge is -2.08. The lowest BCUT2D eigenvalue weighted by Crippen LogP contribution is -2.25. The average molecular weight is 197 g/mol. The van der Waals surface area contributed by atoms with Gasteiger partial charge in [0.15, 0.2) is 0 Å². The molecule has 1 aromatic heterocycles. The van der Waals surface area contributed by atoms with Crippen LogP contribution in [0.2, 0.25) is 0 Å². The maximum Gasteiger partial charge on any atom is 0.122 e. The number of aliphatic hydroxyl groups excluding tert-OH is 1. The summed E-state index contributed by atoms with van der Waals surface area (Å²) in [5.41, 5.74) is 0. The van der Waals surface area contributed by atoms with Gasteiger partial charge in [-0.15, -0.1) is 0 Å². The van der Waals surface area contributed by atoms with Gasteiger partial charge in [-0.05, 0) is 13.3 Å². The van der Waals surface area contributed by atoms with Gasteiger partial charge in [-0.2, -0.15) is 0 Å². The summed E-state index contributed by atoms with van der Waals surface area (Å²) in [5, 5.41) is 12.2. The Bertz CT molecular complexity index is 258. The fourth-order valence-corrected chi connectivity index (χ4v) is 1.34. The molecule has 1 unspecified atom stereocenters. The van der Waals surface area contributed by atoms with Crippen LogP contribution in [0.3, 0.4) is 0 Å². The highest BCUT2D eigenvalue weighted by Crippen LogP contribution is 1.98. The zero-order valence-corrected chi connectivity index (χ0v) is 8.90. The molecule has 0 amide bonds. The second kappa shape index (κ2) is 5.78. The van der Waals surface area contributed by atoms with E-state index >= 15 is 0 Å². The number of aromatic nitrogens is 2. The third-order valence-electron chi connectivity index (χ3n) is 1.99. The van der Waals surface area contributed by atoms with Gasteiger partial charge in [0.1, 0.15) is 5.82 Å². The van der Waals surface area contributed by atoms with Crippen LogP contribution in [0.1, 0.15) is 26.1 Å². The molecule has 2 N–H and O–H groups in total. The maximum atomic E-state index is 9.06. The predicted octanol–water partition coefficient (Wildman–Crippen LogP) is 0.763. The molecule has 14 heavy (non-hydrogen) atoms. The number of aryl methyl sites for hydroxylation is 1. The molecule has 0 aliphatic rings. The molecule has 4 nitrogen and oxygen atoms in total. The lowest BCUT2D eigenvalue weighted by molar-refractivity contribution is 0.190. The summed E-state index contributed by atoms with van der Waals surface area (Å²) in [6.07, 6.45) is 4.61. The van der Waals surface area contributed by atoms with Crippen LogP contribution in [0.25, 0.3) is 0 Å². The number of hydrogen-bond donors (Lipinski definition) is 2. The van der Waals surface area contributed by atoms with E-state index in [9.17, 15) is 0 Å². The van der Waals surface area contributed by atoms with Crippen molar-refractivity contribution in [2.75, 3.05) is 6.54 Å². The summed E-state index contributed by atoms with van der Waals surface area (Å²) in [6.45, 7) is 6.25. The monoisotopic (exact) mass is 197 g/mol. The molecule has 0 aromatic carbocycles. The van der Waals surface area contributed by atoms with E-state index in [1.165, 1.54) is 0 Å². The Morgan fingerprint density at radius 3 is 3.07 bits per heavy atom. The fourth-order valence-electron chi connectivity index (χ4n) is 1.34.